The molecule has 3 rings (SSSR count). The number of nitrogen functional groups attached to an aromatic ring is 1. The maximum absolute atomic E-state index is 13.2. The summed E-state index contributed by atoms with van der Waals surface area (Å²) in [7, 11) is 0. The van der Waals surface area contributed by atoms with Gasteiger partial charge in [-0.25, -0.2) is 4.39 Å². The van der Waals surface area contributed by atoms with Crippen LogP contribution in [0.2, 0.25) is 0 Å². The maximum atomic E-state index is 13.2. The molecular formula is C18H21FN2OS. The van der Waals surface area contributed by atoms with Crippen LogP contribution in [-0.4, -0.2) is 11.9 Å². The molecule has 0 unspecified atom stereocenters. The van der Waals surface area contributed by atoms with Gasteiger partial charge in [0.25, 0.3) is 5.91 Å². The molecule has 0 saturated heterocycles. The summed E-state index contributed by atoms with van der Waals surface area (Å²) < 4.78 is 13.2. The highest BCUT2D eigenvalue weighted by atomic mass is 32.1. The Kier molecular flexibility index (Phi) is 4.66. The van der Waals surface area contributed by atoms with E-state index < -0.39 is 0 Å². The minimum atomic E-state index is -0.285. The van der Waals surface area contributed by atoms with Gasteiger partial charge in [0.15, 0.2) is 0 Å². The fraction of sp³-hybridized carbons (Fsp3) is 0.389. The molecule has 3 nitrogen and oxygen atoms in total. The van der Waals surface area contributed by atoms with Crippen LogP contribution in [0.15, 0.2) is 24.3 Å². The Morgan fingerprint density at radius 1 is 1.30 bits per heavy atom. The first-order valence-electron chi connectivity index (χ1n) is 8.08. The second-order valence-electron chi connectivity index (χ2n) is 5.95. The number of benzene rings is 1. The normalized spacial score (nSPS) is 15.0. The van der Waals surface area contributed by atoms with Gasteiger partial charge in [-0.05, 0) is 37.0 Å². The Morgan fingerprint density at radius 2 is 1.96 bits per heavy atom. The molecule has 1 fully saturated rings. The number of hydrogen-bond donors (Lipinski definition) is 2. The quantitative estimate of drug-likeness (QED) is 0.873. The first-order valence-corrected chi connectivity index (χ1v) is 8.89. The number of carbonyl (C=O) groups excluding carboxylic acids is 1. The molecule has 1 aromatic carbocycles. The lowest BCUT2D eigenvalue weighted by Crippen LogP contribution is -2.33. The fourth-order valence-corrected chi connectivity index (χ4v) is 4.25. The second kappa shape index (κ2) is 6.71. The van der Waals surface area contributed by atoms with Gasteiger partial charge >= 0.3 is 0 Å². The average molecular weight is 332 g/mol. The van der Waals surface area contributed by atoms with Gasteiger partial charge in [-0.1, -0.05) is 31.9 Å². The molecule has 3 N–H and O–H groups in total. The number of nitrogens with two attached hydrogens (primary N) is 1. The summed E-state index contributed by atoms with van der Waals surface area (Å²) in [6, 6.07) is 6.50. The molecule has 5 heteroatoms. The van der Waals surface area contributed by atoms with E-state index >= 15 is 0 Å². The van der Waals surface area contributed by atoms with Crippen molar-refractivity contribution < 1.29 is 9.18 Å². The van der Waals surface area contributed by atoms with Gasteiger partial charge in [-0.15, -0.1) is 11.3 Å². The van der Waals surface area contributed by atoms with Gasteiger partial charge in [0.05, 0.1) is 10.6 Å². The molecule has 1 amide bonds. The average Bonchev–Trinajstić information content (AvgIpc) is 3.15. The molecule has 23 heavy (non-hydrogen) atoms. The zero-order valence-corrected chi connectivity index (χ0v) is 14.0. The van der Waals surface area contributed by atoms with Crippen LogP contribution in [-0.2, 0) is 6.42 Å². The van der Waals surface area contributed by atoms with Crippen molar-refractivity contribution in [1.29, 1.82) is 0 Å². The van der Waals surface area contributed by atoms with Crippen molar-refractivity contribution in [1.82, 2.24) is 5.32 Å². The molecule has 2 aromatic rings. The Balaban J connectivity index is 1.99. The van der Waals surface area contributed by atoms with Crippen molar-refractivity contribution in [2.45, 2.75) is 45.1 Å². The van der Waals surface area contributed by atoms with E-state index in [1.807, 2.05) is 6.92 Å². The monoisotopic (exact) mass is 332 g/mol. The van der Waals surface area contributed by atoms with E-state index in [0.29, 0.717) is 10.6 Å². The third-order valence-electron chi connectivity index (χ3n) is 4.38. The predicted octanol–water partition coefficient (Wildman–Crippen LogP) is 4.37. The highest BCUT2D eigenvalue weighted by Gasteiger charge is 2.25. The summed E-state index contributed by atoms with van der Waals surface area (Å²) in [6.45, 7) is 2.04. The van der Waals surface area contributed by atoms with Crippen molar-refractivity contribution in [2.24, 2.45) is 0 Å². The van der Waals surface area contributed by atoms with Crippen LogP contribution in [0.1, 0.15) is 47.8 Å². The van der Waals surface area contributed by atoms with E-state index in [-0.39, 0.29) is 17.8 Å². The number of thiophene rings is 1. The lowest BCUT2D eigenvalue weighted by Gasteiger charge is -2.13. The molecule has 122 valence electrons. The van der Waals surface area contributed by atoms with Crippen molar-refractivity contribution in [3.8, 4) is 11.1 Å². The number of halogens is 1. The van der Waals surface area contributed by atoms with Crippen LogP contribution in [0.4, 0.5) is 9.39 Å². The van der Waals surface area contributed by atoms with Gasteiger partial charge in [-0.3, -0.25) is 4.79 Å². The molecule has 1 aliphatic rings. The van der Waals surface area contributed by atoms with Crippen molar-refractivity contribution in [3.63, 3.8) is 0 Å². The molecule has 1 aromatic heterocycles. The number of amides is 1. The molecule has 0 atom stereocenters. The van der Waals surface area contributed by atoms with E-state index in [1.54, 1.807) is 12.1 Å². The highest BCUT2D eigenvalue weighted by Crippen LogP contribution is 2.39. The third-order valence-corrected chi connectivity index (χ3v) is 5.54. The SMILES string of the molecule is CCc1sc(N)c(C(=O)NC2CCCC2)c1-c1ccc(F)cc1. The molecular weight excluding hydrogens is 311 g/mol. The van der Waals surface area contributed by atoms with Gasteiger partial charge < -0.3 is 11.1 Å². The number of anilines is 1. The predicted molar refractivity (Wildman–Crippen MR) is 93.2 cm³/mol. The molecule has 1 heterocycles. The number of carbonyl (C=O) groups is 1. The number of aryl methyl sites for hydroxylation is 1. The zero-order valence-electron chi connectivity index (χ0n) is 13.2. The smallest absolute Gasteiger partial charge is 0.255 e. The molecule has 0 radical (unpaired) electrons. The molecule has 1 aliphatic carbocycles. The second-order valence-corrected chi connectivity index (χ2v) is 7.09. The summed E-state index contributed by atoms with van der Waals surface area (Å²) in [4.78, 5) is 13.8. The lowest BCUT2D eigenvalue weighted by molar-refractivity contribution is 0.0940. The Bertz CT molecular complexity index is 703. The Labute approximate surface area is 139 Å². The van der Waals surface area contributed by atoms with E-state index in [4.69, 9.17) is 5.73 Å². The molecule has 0 spiro atoms. The van der Waals surface area contributed by atoms with Crippen LogP contribution in [0.3, 0.4) is 0 Å². The standard InChI is InChI=1S/C18H21FN2OS/c1-2-14-15(11-7-9-12(19)10-8-11)16(17(20)23-14)18(22)21-13-5-3-4-6-13/h7-10,13H,2-6,20H2,1H3,(H,21,22). The van der Waals surface area contributed by atoms with Crippen LogP contribution in [0.5, 0.6) is 0 Å². The summed E-state index contributed by atoms with van der Waals surface area (Å²) in [5.41, 5.74) is 8.38. The Morgan fingerprint density at radius 3 is 2.57 bits per heavy atom. The van der Waals surface area contributed by atoms with Crippen molar-refractivity contribution in [2.75, 3.05) is 5.73 Å². The van der Waals surface area contributed by atoms with Gasteiger partial charge in [0, 0.05) is 16.5 Å². The summed E-state index contributed by atoms with van der Waals surface area (Å²) in [6.07, 6.45) is 5.17. The topological polar surface area (TPSA) is 55.1 Å². The van der Waals surface area contributed by atoms with Crippen molar-refractivity contribution >= 4 is 22.2 Å². The van der Waals surface area contributed by atoms with E-state index in [0.717, 1.165) is 48.1 Å². The first kappa shape index (κ1) is 16.0. The van der Waals surface area contributed by atoms with Crippen molar-refractivity contribution in [3.05, 3.63) is 40.5 Å². The Hall–Kier alpha value is -1.88. The fourth-order valence-electron chi connectivity index (χ4n) is 3.22. The summed E-state index contributed by atoms with van der Waals surface area (Å²) >= 11 is 1.45. The van der Waals surface area contributed by atoms with Gasteiger partial charge in [0.2, 0.25) is 0 Å². The molecule has 0 bridgehead atoms. The maximum Gasteiger partial charge on any atom is 0.255 e. The van der Waals surface area contributed by atoms with E-state index in [2.05, 4.69) is 5.32 Å². The van der Waals surface area contributed by atoms with Gasteiger partial charge in [0.1, 0.15) is 5.82 Å². The number of rotatable bonds is 4. The molecule has 1 saturated carbocycles. The summed E-state index contributed by atoms with van der Waals surface area (Å²) in [5, 5.41) is 3.65. The van der Waals surface area contributed by atoms with Gasteiger partial charge in [-0.2, -0.15) is 0 Å². The zero-order chi connectivity index (χ0) is 16.4. The highest BCUT2D eigenvalue weighted by molar-refractivity contribution is 7.17. The van der Waals surface area contributed by atoms with Crippen LogP contribution >= 0.6 is 11.3 Å². The summed E-state index contributed by atoms with van der Waals surface area (Å²) in [5.74, 6) is -0.392. The van der Waals surface area contributed by atoms with Crippen LogP contribution in [0.25, 0.3) is 11.1 Å². The lowest BCUT2D eigenvalue weighted by atomic mass is 9.99. The largest absolute Gasteiger partial charge is 0.390 e. The number of nitrogens with one attached hydrogen (secondary N) is 1. The van der Waals surface area contributed by atoms with Crippen LogP contribution < -0.4 is 11.1 Å². The van der Waals surface area contributed by atoms with E-state index in [9.17, 15) is 9.18 Å². The minimum absolute atomic E-state index is 0.107. The third kappa shape index (κ3) is 3.24. The number of hydrogen-bond acceptors (Lipinski definition) is 3. The first-order chi connectivity index (χ1) is 11.1. The minimum Gasteiger partial charge on any atom is -0.390 e. The van der Waals surface area contributed by atoms with Crippen LogP contribution in [0, 0.1) is 5.82 Å². The molecule has 0 aliphatic heterocycles. The van der Waals surface area contributed by atoms with E-state index in [1.165, 1.54) is 23.5 Å².